The minimum absolute atomic E-state index is 0.00423. The van der Waals surface area contributed by atoms with E-state index < -0.39 is 0 Å². The second-order valence-electron chi connectivity index (χ2n) is 6.48. The van der Waals surface area contributed by atoms with Gasteiger partial charge in [0.25, 0.3) is 0 Å². The fraction of sp³-hybridized carbons (Fsp3) is 0.316. The number of amides is 1. The van der Waals surface area contributed by atoms with Crippen LogP contribution in [0.25, 0.3) is 11.0 Å². The number of anilines is 2. The summed E-state index contributed by atoms with van der Waals surface area (Å²) in [5.41, 5.74) is 3.61. The highest BCUT2D eigenvalue weighted by molar-refractivity contribution is 7.00. The molecule has 0 saturated carbocycles. The number of ether oxygens (including phenoxy) is 1. The molecule has 2 heterocycles. The summed E-state index contributed by atoms with van der Waals surface area (Å²) in [6, 6.07) is 13.7. The fourth-order valence-corrected chi connectivity index (χ4v) is 3.74. The van der Waals surface area contributed by atoms with Crippen molar-refractivity contribution in [2.24, 2.45) is 0 Å². The first-order chi connectivity index (χ1) is 13.2. The SMILES string of the molecule is COc1ccc(N2CCN(CC(=O)Nc3ccc4nsnc4c3)CC2)cc1. The largest absolute Gasteiger partial charge is 0.497 e. The maximum Gasteiger partial charge on any atom is 0.238 e. The van der Waals surface area contributed by atoms with E-state index in [1.165, 1.54) is 17.4 Å². The van der Waals surface area contributed by atoms with Crippen molar-refractivity contribution in [1.29, 1.82) is 0 Å². The van der Waals surface area contributed by atoms with Gasteiger partial charge in [0, 0.05) is 37.6 Å². The molecule has 0 bridgehead atoms. The van der Waals surface area contributed by atoms with Crippen molar-refractivity contribution in [3.05, 3.63) is 42.5 Å². The van der Waals surface area contributed by atoms with Crippen LogP contribution in [0.2, 0.25) is 0 Å². The van der Waals surface area contributed by atoms with E-state index in [0.717, 1.165) is 48.6 Å². The van der Waals surface area contributed by atoms with Crippen LogP contribution in [0.3, 0.4) is 0 Å². The maximum absolute atomic E-state index is 12.4. The highest BCUT2D eigenvalue weighted by Crippen LogP contribution is 2.21. The summed E-state index contributed by atoms with van der Waals surface area (Å²) in [5.74, 6) is 0.858. The normalized spacial score (nSPS) is 15.1. The third kappa shape index (κ3) is 4.17. The van der Waals surface area contributed by atoms with Gasteiger partial charge in [0.15, 0.2) is 0 Å². The quantitative estimate of drug-likeness (QED) is 0.730. The Hall–Kier alpha value is -2.71. The zero-order valence-corrected chi connectivity index (χ0v) is 15.9. The summed E-state index contributed by atoms with van der Waals surface area (Å²) in [7, 11) is 1.67. The van der Waals surface area contributed by atoms with E-state index in [0.29, 0.717) is 6.54 Å². The Labute approximate surface area is 161 Å². The van der Waals surface area contributed by atoms with Crippen LogP contribution >= 0.6 is 11.7 Å². The van der Waals surface area contributed by atoms with E-state index in [1.807, 2.05) is 30.3 Å². The third-order valence-electron chi connectivity index (χ3n) is 4.71. The van der Waals surface area contributed by atoms with Crippen LogP contribution in [-0.4, -0.2) is 59.4 Å². The van der Waals surface area contributed by atoms with Crippen LogP contribution in [0.5, 0.6) is 5.75 Å². The molecule has 0 spiro atoms. The second kappa shape index (κ2) is 7.89. The molecule has 1 aromatic heterocycles. The Morgan fingerprint density at radius 3 is 2.56 bits per heavy atom. The zero-order valence-electron chi connectivity index (χ0n) is 15.1. The molecule has 140 valence electrons. The predicted octanol–water partition coefficient (Wildman–Crippen LogP) is 2.46. The molecule has 1 fully saturated rings. The van der Waals surface area contributed by atoms with Gasteiger partial charge in [-0.2, -0.15) is 8.75 Å². The molecule has 1 N–H and O–H groups in total. The lowest BCUT2D eigenvalue weighted by atomic mass is 10.2. The minimum atomic E-state index is -0.00423. The van der Waals surface area contributed by atoms with Crippen LogP contribution in [0.15, 0.2) is 42.5 Å². The van der Waals surface area contributed by atoms with Gasteiger partial charge in [-0.3, -0.25) is 9.69 Å². The summed E-state index contributed by atoms with van der Waals surface area (Å²) in [6.07, 6.45) is 0. The Morgan fingerprint density at radius 1 is 1.07 bits per heavy atom. The number of hydrogen-bond acceptors (Lipinski definition) is 7. The summed E-state index contributed by atoms with van der Waals surface area (Å²) in [6.45, 7) is 3.90. The average Bonchev–Trinajstić information content (AvgIpc) is 3.16. The molecule has 0 unspecified atom stereocenters. The molecule has 0 atom stereocenters. The molecule has 1 aliphatic rings. The third-order valence-corrected chi connectivity index (χ3v) is 5.27. The van der Waals surface area contributed by atoms with Crippen molar-refractivity contribution in [2.75, 3.05) is 50.1 Å². The molecule has 0 aliphatic carbocycles. The summed E-state index contributed by atoms with van der Waals surface area (Å²) >= 11 is 1.18. The summed E-state index contributed by atoms with van der Waals surface area (Å²) in [5, 5.41) is 2.96. The fourth-order valence-electron chi connectivity index (χ4n) is 3.22. The van der Waals surface area contributed by atoms with Gasteiger partial charge in [-0.25, -0.2) is 0 Å². The molecule has 1 saturated heterocycles. The van der Waals surface area contributed by atoms with Crippen molar-refractivity contribution < 1.29 is 9.53 Å². The Balaban J connectivity index is 1.28. The Kier molecular flexibility index (Phi) is 5.17. The first-order valence-corrected chi connectivity index (χ1v) is 9.58. The molecule has 8 heteroatoms. The molecule has 4 rings (SSSR count). The van der Waals surface area contributed by atoms with Crippen molar-refractivity contribution >= 4 is 40.0 Å². The lowest BCUT2D eigenvalue weighted by Crippen LogP contribution is -2.48. The van der Waals surface area contributed by atoms with Gasteiger partial charge in [0.1, 0.15) is 16.8 Å². The van der Waals surface area contributed by atoms with Crippen molar-refractivity contribution in [3.8, 4) is 5.75 Å². The van der Waals surface area contributed by atoms with Crippen LogP contribution in [0.4, 0.5) is 11.4 Å². The lowest BCUT2D eigenvalue weighted by Gasteiger charge is -2.35. The second-order valence-corrected chi connectivity index (χ2v) is 7.01. The number of nitrogens with one attached hydrogen (secondary N) is 1. The predicted molar refractivity (Wildman–Crippen MR) is 108 cm³/mol. The molecule has 7 nitrogen and oxygen atoms in total. The number of benzene rings is 2. The average molecular weight is 383 g/mol. The molecular weight excluding hydrogens is 362 g/mol. The van der Waals surface area contributed by atoms with Crippen molar-refractivity contribution in [1.82, 2.24) is 13.6 Å². The highest BCUT2D eigenvalue weighted by Gasteiger charge is 2.19. The van der Waals surface area contributed by atoms with Gasteiger partial charge >= 0.3 is 0 Å². The molecule has 27 heavy (non-hydrogen) atoms. The Morgan fingerprint density at radius 2 is 1.81 bits per heavy atom. The number of rotatable bonds is 5. The van der Waals surface area contributed by atoms with Gasteiger partial charge in [-0.1, -0.05) is 0 Å². The van der Waals surface area contributed by atoms with Crippen LogP contribution in [-0.2, 0) is 4.79 Å². The minimum Gasteiger partial charge on any atom is -0.497 e. The number of fused-ring (bicyclic) bond motifs is 1. The molecule has 0 radical (unpaired) electrons. The first-order valence-electron chi connectivity index (χ1n) is 8.85. The van der Waals surface area contributed by atoms with Gasteiger partial charge in [0.05, 0.1) is 25.4 Å². The monoisotopic (exact) mass is 383 g/mol. The van der Waals surface area contributed by atoms with E-state index in [-0.39, 0.29) is 5.91 Å². The number of carbonyl (C=O) groups is 1. The maximum atomic E-state index is 12.4. The molecular formula is C19H21N5O2S. The van der Waals surface area contributed by atoms with Crippen LogP contribution in [0.1, 0.15) is 0 Å². The number of nitrogens with zero attached hydrogens (tertiary/aromatic N) is 4. The number of methoxy groups -OCH3 is 1. The van der Waals surface area contributed by atoms with Crippen LogP contribution < -0.4 is 15.0 Å². The molecule has 2 aromatic carbocycles. The number of hydrogen-bond donors (Lipinski definition) is 1. The number of aromatic nitrogens is 2. The van der Waals surface area contributed by atoms with E-state index in [4.69, 9.17) is 4.74 Å². The van der Waals surface area contributed by atoms with Gasteiger partial charge in [-0.05, 0) is 42.5 Å². The first kappa shape index (κ1) is 17.7. The van der Waals surface area contributed by atoms with Gasteiger partial charge < -0.3 is 15.0 Å². The van der Waals surface area contributed by atoms with Crippen molar-refractivity contribution in [3.63, 3.8) is 0 Å². The van der Waals surface area contributed by atoms with E-state index in [1.54, 1.807) is 7.11 Å². The molecule has 3 aromatic rings. The van der Waals surface area contributed by atoms with E-state index in [2.05, 4.69) is 36.0 Å². The van der Waals surface area contributed by atoms with Crippen LogP contribution in [0, 0.1) is 0 Å². The van der Waals surface area contributed by atoms with Crippen molar-refractivity contribution in [2.45, 2.75) is 0 Å². The lowest BCUT2D eigenvalue weighted by molar-refractivity contribution is -0.117. The van der Waals surface area contributed by atoms with Gasteiger partial charge in [0.2, 0.25) is 5.91 Å². The number of piperazine rings is 1. The molecule has 1 amide bonds. The van der Waals surface area contributed by atoms with E-state index in [9.17, 15) is 4.79 Å². The standard InChI is InChI=1S/C19H21N5O2S/c1-26-16-5-3-15(4-6-16)24-10-8-23(9-11-24)13-19(25)20-14-2-7-17-18(12-14)22-27-21-17/h2-7,12H,8-11,13H2,1H3,(H,20,25). The topological polar surface area (TPSA) is 70.6 Å². The number of carbonyl (C=O) groups excluding carboxylic acids is 1. The molecule has 1 aliphatic heterocycles. The summed E-state index contributed by atoms with van der Waals surface area (Å²) in [4.78, 5) is 16.9. The Bertz CT molecular complexity index is 919. The van der Waals surface area contributed by atoms with Gasteiger partial charge in [-0.15, -0.1) is 0 Å². The van der Waals surface area contributed by atoms with E-state index >= 15 is 0 Å². The summed E-state index contributed by atoms with van der Waals surface area (Å²) < 4.78 is 13.6. The highest BCUT2D eigenvalue weighted by atomic mass is 32.1. The smallest absolute Gasteiger partial charge is 0.238 e. The zero-order chi connectivity index (χ0) is 18.6.